The van der Waals surface area contributed by atoms with Crippen LogP contribution < -0.4 is 15.2 Å². The summed E-state index contributed by atoms with van der Waals surface area (Å²) in [6, 6.07) is 12.5. The van der Waals surface area contributed by atoms with E-state index < -0.39 is 5.91 Å². The van der Waals surface area contributed by atoms with Gasteiger partial charge in [-0.25, -0.2) is 4.98 Å². The van der Waals surface area contributed by atoms with Crippen LogP contribution in [0.15, 0.2) is 54.9 Å². The summed E-state index contributed by atoms with van der Waals surface area (Å²) < 4.78 is 10.8. The first-order chi connectivity index (χ1) is 12.1. The zero-order valence-corrected chi connectivity index (χ0v) is 13.9. The molecule has 3 aromatic rings. The number of ether oxygens (including phenoxy) is 2. The molecule has 2 heterocycles. The number of methoxy groups -OCH3 is 1. The predicted octanol–water partition coefficient (Wildman–Crippen LogP) is 3.35. The van der Waals surface area contributed by atoms with Gasteiger partial charge >= 0.3 is 0 Å². The lowest BCUT2D eigenvalue weighted by molar-refractivity contribution is 0.0999. The van der Waals surface area contributed by atoms with E-state index in [-0.39, 0.29) is 0 Å². The van der Waals surface area contributed by atoms with Gasteiger partial charge in [-0.2, -0.15) is 0 Å². The van der Waals surface area contributed by atoms with Gasteiger partial charge in [0.1, 0.15) is 11.5 Å². The number of nitrogens with two attached hydrogens (primary N) is 1. The van der Waals surface area contributed by atoms with Crippen molar-refractivity contribution in [2.24, 2.45) is 5.73 Å². The third-order valence-electron chi connectivity index (χ3n) is 3.67. The molecule has 0 saturated carbocycles. The first-order valence-electron chi connectivity index (χ1n) is 7.61. The van der Waals surface area contributed by atoms with Crippen molar-refractivity contribution < 1.29 is 14.3 Å². The highest BCUT2D eigenvalue weighted by atomic mass is 16.5. The van der Waals surface area contributed by atoms with Crippen molar-refractivity contribution in [1.82, 2.24) is 9.97 Å². The molecule has 0 aliphatic rings. The third kappa shape index (κ3) is 3.74. The van der Waals surface area contributed by atoms with Crippen LogP contribution in [0.3, 0.4) is 0 Å². The number of amides is 1. The molecule has 6 heteroatoms. The quantitative estimate of drug-likeness (QED) is 0.772. The SMILES string of the molecule is COc1ccc(Oc2ccnc(-c3ccc(C(N)=O)c(C)c3)c2)cn1. The molecule has 0 aliphatic carbocycles. The monoisotopic (exact) mass is 335 g/mol. The average molecular weight is 335 g/mol. The number of hydrogen-bond acceptors (Lipinski definition) is 5. The molecule has 0 fully saturated rings. The van der Waals surface area contributed by atoms with Gasteiger partial charge in [0.25, 0.3) is 0 Å². The minimum absolute atomic E-state index is 0.443. The highest BCUT2D eigenvalue weighted by Gasteiger charge is 2.08. The summed E-state index contributed by atoms with van der Waals surface area (Å²) in [6.07, 6.45) is 3.25. The molecule has 0 aliphatic heterocycles. The van der Waals surface area contributed by atoms with Gasteiger partial charge in [0, 0.05) is 29.5 Å². The Hall–Kier alpha value is -3.41. The fourth-order valence-corrected chi connectivity index (χ4v) is 2.42. The van der Waals surface area contributed by atoms with E-state index in [1.54, 1.807) is 43.8 Å². The first-order valence-corrected chi connectivity index (χ1v) is 7.61. The van der Waals surface area contributed by atoms with E-state index in [0.717, 1.165) is 16.8 Å². The van der Waals surface area contributed by atoms with Gasteiger partial charge in [0.2, 0.25) is 11.8 Å². The van der Waals surface area contributed by atoms with Crippen LogP contribution in [0, 0.1) is 6.92 Å². The number of aryl methyl sites for hydroxylation is 1. The topological polar surface area (TPSA) is 87.3 Å². The normalized spacial score (nSPS) is 10.3. The van der Waals surface area contributed by atoms with Crippen LogP contribution in [-0.2, 0) is 0 Å². The Kier molecular flexibility index (Phi) is 4.61. The number of carbonyl (C=O) groups is 1. The maximum Gasteiger partial charge on any atom is 0.248 e. The summed E-state index contributed by atoms with van der Waals surface area (Å²) in [7, 11) is 1.56. The lowest BCUT2D eigenvalue weighted by Crippen LogP contribution is -2.12. The molecule has 126 valence electrons. The molecule has 2 N–H and O–H groups in total. The van der Waals surface area contributed by atoms with Crippen LogP contribution in [0.25, 0.3) is 11.3 Å². The van der Waals surface area contributed by atoms with Gasteiger partial charge in [-0.3, -0.25) is 9.78 Å². The number of aromatic nitrogens is 2. The van der Waals surface area contributed by atoms with Gasteiger partial charge in [0.05, 0.1) is 19.0 Å². The van der Waals surface area contributed by atoms with Crippen molar-refractivity contribution in [3.05, 3.63) is 66.0 Å². The minimum atomic E-state index is -0.443. The van der Waals surface area contributed by atoms with Crippen molar-refractivity contribution in [1.29, 1.82) is 0 Å². The van der Waals surface area contributed by atoms with Gasteiger partial charge in [-0.15, -0.1) is 0 Å². The second kappa shape index (κ2) is 7.00. The molecule has 6 nitrogen and oxygen atoms in total. The number of primary amides is 1. The number of carbonyl (C=O) groups excluding carboxylic acids is 1. The fourth-order valence-electron chi connectivity index (χ4n) is 2.42. The maximum atomic E-state index is 11.3. The largest absolute Gasteiger partial charge is 0.481 e. The molecule has 0 spiro atoms. The smallest absolute Gasteiger partial charge is 0.248 e. The maximum absolute atomic E-state index is 11.3. The third-order valence-corrected chi connectivity index (χ3v) is 3.67. The summed E-state index contributed by atoms with van der Waals surface area (Å²) in [4.78, 5) is 19.8. The minimum Gasteiger partial charge on any atom is -0.481 e. The van der Waals surface area contributed by atoms with E-state index in [0.29, 0.717) is 22.9 Å². The van der Waals surface area contributed by atoms with Crippen molar-refractivity contribution in [3.8, 4) is 28.6 Å². The first kappa shape index (κ1) is 16.4. The van der Waals surface area contributed by atoms with Crippen LogP contribution >= 0.6 is 0 Å². The van der Waals surface area contributed by atoms with E-state index in [1.165, 1.54) is 0 Å². The Bertz CT molecular complexity index is 908. The van der Waals surface area contributed by atoms with Crippen LogP contribution in [0.2, 0.25) is 0 Å². The molecule has 0 radical (unpaired) electrons. The molecule has 1 amide bonds. The Morgan fingerprint density at radius 2 is 1.88 bits per heavy atom. The molecule has 2 aromatic heterocycles. The van der Waals surface area contributed by atoms with E-state index >= 15 is 0 Å². The molecule has 0 bridgehead atoms. The van der Waals surface area contributed by atoms with E-state index in [4.69, 9.17) is 15.2 Å². The summed E-state index contributed by atoms with van der Waals surface area (Å²) in [6.45, 7) is 1.84. The average Bonchev–Trinajstić information content (AvgIpc) is 2.62. The van der Waals surface area contributed by atoms with Gasteiger partial charge in [-0.1, -0.05) is 6.07 Å². The highest BCUT2D eigenvalue weighted by molar-refractivity contribution is 5.94. The van der Waals surface area contributed by atoms with Crippen LogP contribution in [0.5, 0.6) is 17.4 Å². The molecule has 0 atom stereocenters. The molecule has 25 heavy (non-hydrogen) atoms. The van der Waals surface area contributed by atoms with Crippen molar-refractivity contribution in [3.63, 3.8) is 0 Å². The highest BCUT2D eigenvalue weighted by Crippen LogP contribution is 2.27. The van der Waals surface area contributed by atoms with Gasteiger partial charge in [-0.05, 0) is 36.8 Å². The van der Waals surface area contributed by atoms with Crippen LogP contribution in [0.1, 0.15) is 15.9 Å². The molecular formula is C19H17N3O3. The van der Waals surface area contributed by atoms with Crippen molar-refractivity contribution >= 4 is 5.91 Å². The molecule has 0 saturated heterocycles. The van der Waals surface area contributed by atoms with Gasteiger partial charge < -0.3 is 15.2 Å². The standard InChI is InChI=1S/C19H17N3O3/c1-12-9-13(3-5-16(12)19(20)23)17-10-14(7-8-21-17)25-15-4-6-18(24-2)22-11-15/h3-11H,1-2H3,(H2,20,23). The summed E-state index contributed by atoms with van der Waals surface area (Å²) in [5.74, 6) is 1.31. The predicted molar refractivity (Wildman–Crippen MR) is 93.8 cm³/mol. The van der Waals surface area contributed by atoms with Crippen LogP contribution in [-0.4, -0.2) is 23.0 Å². The van der Waals surface area contributed by atoms with E-state index in [2.05, 4.69) is 9.97 Å². The zero-order chi connectivity index (χ0) is 17.8. The lowest BCUT2D eigenvalue weighted by Gasteiger charge is -2.09. The molecular weight excluding hydrogens is 318 g/mol. The fraction of sp³-hybridized carbons (Fsp3) is 0.105. The number of pyridine rings is 2. The van der Waals surface area contributed by atoms with Crippen molar-refractivity contribution in [2.75, 3.05) is 7.11 Å². The van der Waals surface area contributed by atoms with E-state index in [9.17, 15) is 4.79 Å². The Morgan fingerprint density at radius 3 is 2.52 bits per heavy atom. The number of nitrogens with zero attached hydrogens (tertiary/aromatic N) is 2. The van der Waals surface area contributed by atoms with Crippen molar-refractivity contribution in [2.45, 2.75) is 6.92 Å². The number of hydrogen-bond donors (Lipinski definition) is 1. The van der Waals surface area contributed by atoms with Gasteiger partial charge in [0.15, 0.2) is 0 Å². The molecule has 1 aromatic carbocycles. The second-order valence-electron chi connectivity index (χ2n) is 5.41. The number of benzene rings is 1. The zero-order valence-electron chi connectivity index (χ0n) is 13.9. The van der Waals surface area contributed by atoms with Crippen LogP contribution in [0.4, 0.5) is 0 Å². The number of rotatable bonds is 5. The van der Waals surface area contributed by atoms with E-state index in [1.807, 2.05) is 25.1 Å². The Labute approximate surface area is 145 Å². The Balaban J connectivity index is 1.86. The second-order valence-corrected chi connectivity index (χ2v) is 5.41. The Morgan fingerprint density at radius 1 is 1.04 bits per heavy atom. The lowest BCUT2D eigenvalue weighted by atomic mass is 10.0. The summed E-state index contributed by atoms with van der Waals surface area (Å²) in [5, 5.41) is 0. The summed E-state index contributed by atoms with van der Waals surface area (Å²) in [5.41, 5.74) is 8.26. The summed E-state index contributed by atoms with van der Waals surface area (Å²) >= 11 is 0. The molecule has 0 unspecified atom stereocenters. The molecule has 3 rings (SSSR count).